The number of carboxylic acid groups (broad SMARTS) is 1. The van der Waals surface area contributed by atoms with Gasteiger partial charge < -0.3 is 16.0 Å². The Kier molecular flexibility index (Phi) is 5.04. The maximum Gasteiger partial charge on any atom is 0.326 e. The average molecular weight is 204 g/mol. The summed E-state index contributed by atoms with van der Waals surface area (Å²) in [5.74, 6) is -1.18. The summed E-state index contributed by atoms with van der Waals surface area (Å²) < 4.78 is 0. The van der Waals surface area contributed by atoms with Gasteiger partial charge in [0, 0.05) is 7.05 Å². The molecule has 0 radical (unpaired) electrons. The molecule has 0 heterocycles. The maximum absolute atomic E-state index is 11.0. The van der Waals surface area contributed by atoms with Crippen LogP contribution >= 0.6 is 0 Å². The van der Waals surface area contributed by atoms with Crippen molar-refractivity contribution in [1.29, 1.82) is 0 Å². The second kappa shape index (κ2) is 5.29. The summed E-state index contributed by atoms with van der Waals surface area (Å²) in [7, 11) is 1.35. The number of hydrogen-bond acceptors (Lipinski definition) is 4. The molecule has 0 fully saturated rings. The van der Waals surface area contributed by atoms with Crippen molar-refractivity contribution in [2.24, 2.45) is 11.7 Å². The van der Waals surface area contributed by atoms with E-state index in [0.717, 1.165) is 11.5 Å². The summed E-state index contributed by atoms with van der Waals surface area (Å²) in [6.45, 7) is 3.85. The minimum absolute atomic E-state index is 0.154. The zero-order valence-electron chi connectivity index (χ0n) is 9.03. The number of aliphatic carboxylic acids is 1. The molecule has 14 heavy (non-hydrogen) atoms. The molecule has 84 valence electrons. The topological polar surface area (TPSA) is 86.8 Å². The largest absolute Gasteiger partial charge is 0.480 e. The van der Waals surface area contributed by atoms with Crippen molar-refractivity contribution >= 4 is 5.97 Å². The standard InChI is InChI=1S/C9H20N2O3/c1-7(5-4-6-10)9(2,8(12)13)11(3)14/h7,14H,4-6,10H2,1-3H3,(H,12,13). The Hall–Kier alpha value is -0.650. The zero-order chi connectivity index (χ0) is 11.4. The summed E-state index contributed by atoms with van der Waals surface area (Å²) >= 11 is 0. The third-order valence-electron chi connectivity index (χ3n) is 2.91. The van der Waals surface area contributed by atoms with Crippen molar-refractivity contribution in [3.05, 3.63) is 0 Å². The molecule has 0 aliphatic heterocycles. The fraction of sp³-hybridized carbons (Fsp3) is 0.889. The number of carbonyl (C=O) groups is 1. The second-order valence-electron chi connectivity index (χ2n) is 3.81. The SMILES string of the molecule is CC(CCCN)C(C)(C(=O)O)N(C)O. The van der Waals surface area contributed by atoms with Crippen molar-refractivity contribution < 1.29 is 15.1 Å². The lowest BCUT2D eigenvalue weighted by molar-refractivity contribution is -0.194. The molecule has 0 bridgehead atoms. The Morgan fingerprint density at radius 1 is 1.64 bits per heavy atom. The molecule has 0 aromatic carbocycles. The van der Waals surface area contributed by atoms with Crippen LogP contribution in [0.15, 0.2) is 0 Å². The Bertz CT molecular complexity index is 196. The first-order valence-corrected chi connectivity index (χ1v) is 4.73. The lowest BCUT2D eigenvalue weighted by Crippen LogP contribution is -2.53. The maximum atomic E-state index is 11.0. The van der Waals surface area contributed by atoms with Crippen LogP contribution in [0.25, 0.3) is 0 Å². The van der Waals surface area contributed by atoms with Gasteiger partial charge in [-0.25, -0.2) is 0 Å². The third-order valence-corrected chi connectivity index (χ3v) is 2.91. The predicted octanol–water partition coefficient (Wildman–Crippen LogP) is 0.526. The predicted molar refractivity (Wildman–Crippen MR) is 53.0 cm³/mol. The number of nitrogens with two attached hydrogens (primary N) is 1. The molecule has 5 nitrogen and oxygen atoms in total. The molecule has 0 amide bonds. The van der Waals surface area contributed by atoms with Crippen molar-refractivity contribution in [3.8, 4) is 0 Å². The summed E-state index contributed by atoms with van der Waals surface area (Å²) in [5, 5.41) is 19.1. The van der Waals surface area contributed by atoms with Gasteiger partial charge in [-0.3, -0.25) is 4.79 Å². The van der Waals surface area contributed by atoms with Crippen LogP contribution in [0.2, 0.25) is 0 Å². The number of carboxylic acids is 1. The van der Waals surface area contributed by atoms with E-state index in [0.29, 0.717) is 13.0 Å². The fourth-order valence-electron chi connectivity index (χ4n) is 1.37. The Morgan fingerprint density at radius 2 is 2.14 bits per heavy atom. The fourth-order valence-corrected chi connectivity index (χ4v) is 1.37. The molecule has 0 saturated heterocycles. The van der Waals surface area contributed by atoms with Gasteiger partial charge in [0.15, 0.2) is 0 Å². The van der Waals surface area contributed by atoms with Gasteiger partial charge in [-0.1, -0.05) is 6.92 Å². The first-order valence-electron chi connectivity index (χ1n) is 4.73. The number of rotatable bonds is 6. The van der Waals surface area contributed by atoms with Gasteiger partial charge in [0.05, 0.1) is 0 Å². The lowest BCUT2D eigenvalue weighted by atomic mass is 9.83. The summed E-state index contributed by atoms with van der Waals surface area (Å²) in [6.07, 6.45) is 1.45. The van der Waals surface area contributed by atoms with Crippen molar-refractivity contribution in [2.45, 2.75) is 32.2 Å². The zero-order valence-corrected chi connectivity index (χ0v) is 9.03. The molecule has 0 rings (SSSR count). The second-order valence-corrected chi connectivity index (χ2v) is 3.81. The highest BCUT2D eigenvalue weighted by Gasteiger charge is 2.42. The van der Waals surface area contributed by atoms with Crippen LogP contribution < -0.4 is 5.73 Å². The van der Waals surface area contributed by atoms with E-state index in [1.165, 1.54) is 14.0 Å². The highest BCUT2D eigenvalue weighted by atomic mass is 16.5. The van der Waals surface area contributed by atoms with Gasteiger partial charge in [-0.05, 0) is 32.2 Å². The van der Waals surface area contributed by atoms with Crippen LogP contribution in [-0.2, 0) is 4.79 Å². The minimum atomic E-state index is -1.24. The lowest BCUT2D eigenvalue weighted by Gasteiger charge is -2.35. The molecule has 2 unspecified atom stereocenters. The highest BCUT2D eigenvalue weighted by Crippen LogP contribution is 2.26. The van der Waals surface area contributed by atoms with Gasteiger partial charge in [-0.15, -0.1) is 0 Å². The van der Waals surface area contributed by atoms with E-state index in [4.69, 9.17) is 10.8 Å². The third kappa shape index (κ3) is 2.67. The Balaban J connectivity index is 4.56. The minimum Gasteiger partial charge on any atom is -0.480 e. The van der Waals surface area contributed by atoms with E-state index in [-0.39, 0.29) is 5.92 Å². The monoisotopic (exact) mass is 204 g/mol. The number of nitrogens with zero attached hydrogens (tertiary/aromatic N) is 1. The van der Waals surface area contributed by atoms with Gasteiger partial charge in [0.1, 0.15) is 5.54 Å². The number of hydrogen-bond donors (Lipinski definition) is 3. The van der Waals surface area contributed by atoms with Crippen LogP contribution in [0, 0.1) is 5.92 Å². The van der Waals surface area contributed by atoms with Crippen LogP contribution in [0.3, 0.4) is 0 Å². The molecule has 5 heteroatoms. The van der Waals surface area contributed by atoms with E-state index >= 15 is 0 Å². The Labute approximate surface area is 84.5 Å². The summed E-state index contributed by atoms with van der Waals surface area (Å²) in [5.41, 5.74) is 4.11. The van der Waals surface area contributed by atoms with Gasteiger partial charge >= 0.3 is 5.97 Å². The van der Waals surface area contributed by atoms with Gasteiger partial charge in [0.25, 0.3) is 0 Å². The summed E-state index contributed by atoms with van der Waals surface area (Å²) in [4.78, 5) is 11.0. The Morgan fingerprint density at radius 3 is 2.43 bits per heavy atom. The molecule has 0 aromatic heterocycles. The van der Waals surface area contributed by atoms with E-state index in [1.54, 1.807) is 6.92 Å². The van der Waals surface area contributed by atoms with Crippen LogP contribution in [0.4, 0.5) is 0 Å². The first-order chi connectivity index (χ1) is 6.37. The van der Waals surface area contributed by atoms with E-state index in [1.807, 2.05) is 0 Å². The van der Waals surface area contributed by atoms with Gasteiger partial charge in [0.2, 0.25) is 0 Å². The average Bonchev–Trinajstić information content (AvgIpc) is 2.11. The quantitative estimate of drug-likeness (QED) is 0.549. The van der Waals surface area contributed by atoms with Crippen molar-refractivity contribution in [2.75, 3.05) is 13.6 Å². The van der Waals surface area contributed by atoms with Crippen LogP contribution in [0.5, 0.6) is 0 Å². The van der Waals surface area contributed by atoms with E-state index < -0.39 is 11.5 Å². The molecule has 0 spiro atoms. The first kappa shape index (κ1) is 13.4. The number of hydroxylamine groups is 2. The molecular formula is C9H20N2O3. The van der Waals surface area contributed by atoms with Crippen molar-refractivity contribution in [1.82, 2.24) is 5.06 Å². The molecule has 0 aliphatic rings. The highest BCUT2D eigenvalue weighted by molar-refractivity contribution is 5.78. The normalized spacial score (nSPS) is 17.9. The molecule has 0 aromatic rings. The van der Waals surface area contributed by atoms with Gasteiger partial charge in [-0.2, -0.15) is 5.06 Å². The van der Waals surface area contributed by atoms with Crippen molar-refractivity contribution in [3.63, 3.8) is 0 Å². The smallest absolute Gasteiger partial charge is 0.326 e. The molecule has 0 aliphatic carbocycles. The number of likely N-dealkylation sites (N-methyl/N-ethyl adjacent to an activating group) is 1. The van der Waals surface area contributed by atoms with Crippen LogP contribution in [-0.4, -0.2) is 40.5 Å². The molecular weight excluding hydrogens is 184 g/mol. The molecule has 4 N–H and O–H groups in total. The molecule has 0 saturated carbocycles. The van der Waals surface area contributed by atoms with Crippen LogP contribution in [0.1, 0.15) is 26.7 Å². The summed E-state index contributed by atoms with van der Waals surface area (Å²) in [6, 6.07) is 0. The van der Waals surface area contributed by atoms with E-state index in [9.17, 15) is 10.0 Å². The molecule has 2 atom stereocenters. The van der Waals surface area contributed by atoms with E-state index in [2.05, 4.69) is 0 Å².